The molecule has 0 spiro atoms. The number of hydrogen-bond donors (Lipinski definition) is 6. The molecule has 0 aliphatic heterocycles. The molecule has 10 heteroatoms. The standard InChI is InChI=1S/C36H54N4O6/c1-5-9-11-15-25-19-21-31(41)29(23-25)35(45)39-37-33(43)27(8-4)17-13-18-28(14-7-3)34(44)38-40-36(46)30-24-26(16-12-10-6-2)20-22-32(30)42/h19-24,27-28,41-42H,5-18H2,1-4H3,(H,37,43)(H,38,44)(H,39,45)(H,40,46). The van der Waals surface area contributed by atoms with Crippen molar-refractivity contribution in [3.63, 3.8) is 0 Å². The summed E-state index contributed by atoms with van der Waals surface area (Å²) in [4.78, 5) is 51.3. The van der Waals surface area contributed by atoms with Crippen LogP contribution >= 0.6 is 0 Å². The summed E-state index contributed by atoms with van der Waals surface area (Å²) in [6.45, 7) is 8.10. The predicted octanol–water partition coefficient (Wildman–Crippen LogP) is 6.40. The first kappa shape index (κ1) is 38.1. The summed E-state index contributed by atoms with van der Waals surface area (Å²) in [7, 11) is 0. The molecule has 0 bridgehead atoms. The molecule has 0 heterocycles. The molecule has 0 radical (unpaired) electrons. The molecule has 0 fully saturated rings. The van der Waals surface area contributed by atoms with Gasteiger partial charge in [-0.3, -0.25) is 40.9 Å². The second-order valence-corrected chi connectivity index (χ2v) is 12.0. The molecule has 2 aromatic rings. The molecule has 4 amide bonds. The zero-order chi connectivity index (χ0) is 33.9. The second kappa shape index (κ2) is 20.9. The molecule has 0 aliphatic carbocycles. The number of hydrogen-bond acceptors (Lipinski definition) is 6. The van der Waals surface area contributed by atoms with Gasteiger partial charge in [0.2, 0.25) is 11.8 Å². The fourth-order valence-corrected chi connectivity index (χ4v) is 5.46. The number of rotatable bonds is 19. The molecule has 0 saturated heterocycles. The highest BCUT2D eigenvalue weighted by Crippen LogP contribution is 2.22. The van der Waals surface area contributed by atoms with E-state index in [0.717, 1.165) is 68.9 Å². The first-order valence-corrected chi connectivity index (χ1v) is 17.0. The van der Waals surface area contributed by atoms with Crippen molar-refractivity contribution in [2.24, 2.45) is 11.8 Å². The Hall–Kier alpha value is -4.08. The lowest BCUT2D eigenvalue weighted by molar-refractivity contribution is -0.126. The minimum Gasteiger partial charge on any atom is -0.507 e. The van der Waals surface area contributed by atoms with E-state index in [4.69, 9.17) is 0 Å². The summed E-state index contributed by atoms with van der Waals surface area (Å²) in [6.07, 6.45) is 11.5. The SMILES string of the molecule is CCCCCc1ccc(O)c(C(=O)NNC(=O)C(CC)CCCC(CCC)C(=O)NNC(=O)c2cc(CCCCC)ccc2O)c1. The van der Waals surface area contributed by atoms with Crippen LogP contribution in [-0.4, -0.2) is 33.8 Å². The molecule has 0 aliphatic rings. The van der Waals surface area contributed by atoms with E-state index < -0.39 is 11.8 Å². The van der Waals surface area contributed by atoms with Gasteiger partial charge in [0.1, 0.15) is 11.5 Å². The number of phenolic OH excluding ortho intramolecular Hbond substituents is 2. The second-order valence-electron chi connectivity index (χ2n) is 12.0. The predicted molar refractivity (Wildman–Crippen MR) is 180 cm³/mol. The molecular weight excluding hydrogens is 584 g/mol. The average molecular weight is 639 g/mol. The highest BCUT2D eigenvalue weighted by atomic mass is 16.3. The van der Waals surface area contributed by atoms with Crippen molar-refractivity contribution >= 4 is 23.6 Å². The summed E-state index contributed by atoms with van der Waals surface area (Å²) >= 11 is 0. The summed E-state index contributed by atoms with van der Waals surface area (Å²) in [5.41, 5.74) is 12.0. The molecule has 2 rings (SSSR count). The minimum absolute atomic E-state index is 0.109. The molecule has 2 aromatic carbocycles. The van der Waals surface area contributed by atoms with Crippen molar-refractivity contribution in [1.82, 2.24) is 21.7 Å². The topological polar surface area (TPSA) is 157 Å². The van der Waals surface area contributed by atoms with Crippen LogP contribution < -0.4 is 21.7 Å². The van der Waals surface area contributed by atoms with Crippen LogP contribution in [0.4, 0.5) is 0 Å². The van der Waals surface area contributed by atoms with Crippen LogP contribution in [0, 0.1) is 11.8 Å². The highest BCUT2D eigenvalue weighted by Gasteiger charge is 2.22. The van der Waals surface area contributed by atoms with Crippen LogP contribution in [0.3, 0.4) is 0 Å². The van der Waals surface area contributed by atoms with Crippen LogP contribution in [0.25, 0.3) is 0 Å². The Morgan fingerprint density at radius 2 is 1.02 bits per heavy atom. The molecule has 0 saturated carbocycles. The molecule has 2 atom stereocenters. The van der Waals surface area contributed by atoms with Crippen molar-refractivity contribution in [3.8, 4) is 11.5 Å². The van der Waals surface area contributed by atoms with E-state index in [1.807, 2.05) is 13.8 Å². The molecule has 10 nitrogen and oxygen atoms in total. The van der Waals surface area contributed by atoms with Crippen molar-refractivity contribution in [3.05, 3.63) is 58.7 Å². The fraction of sp³-hybridized carbons (Fsp3) is 0.556. The number of nitrogens with one attached hydrogen (secondary N) is 4. The normalized spacial score (nSPS) is 12.2. The monoisotopic (exact) mass is 638 g/mol. The maximum Gasteiger partial charge on any atom is 0.273 e. The van der Waals surface area contributed by atoms with E-state index in [0.29, 0.717) is 32.1 Å². The lowest BCUT2D eigenvalue weighted by Crippen LogP contribution is -2.45. The molecule has 2 unspecified atom stereocenters. The van der Waals surface area contributed by atoms with Gasteiger partial charge in [0.05, 0.1) is 11.1 Å². The molecule has 0 aromatic heterocycles. The molecule has 46 heavy (non-hydrogen) atoms. The van der Waals surface area contributed by atoms with E-state index in [1.54, 1.807) is 24.3 Å². The average Bonchev–Trinajstić information content (AvgIpc) is 3.05. The number of phenols is 2. The summed E-state index contributed by atoms with van der Waals surface area (Å²) in [5.74, 6) is -2.88. The maximum atomic E-state index is 13.0. The van der Waals surface area contributed by atoms with Gasteiger partial charge >= 0.3 is 0 Å². The van der Waals surface area contributed by atoms with E-state index in [9.17, 15) is 29.4 Å². The van der Waals surface area contributed by atoms with Crippen LogP contribution in [0.5, 0.6) is 11.5 Å². The first-order chi connectivity index (χ1) is 22.1. The van der Waals surface area contributed by atoms with Gasteiger partial charge in [-0.25, -0.2) is 0 Å². The summed E-state index contributed by atoms with van der Waals surface area (Å²) in [6, 6.07) is 9.90. The Morgan fingerprint density at radius 1 is 0.565 bits per heavy atom. The Bertz CT molecular complexity index is 1280. The number of unbranched alkanes of at least 4 members (excludes halogenated alkanes) is 4. The Kier molecular flexibility index (Phi) is 17.3. The van der Waals surface area contributed by atoms with Gasteiger partial charge < -0.3 is 10.2 Å². The van der Waals surface area contributed by atoms with Gasteiger partial charge in [-0.1, -0.05) is 78.4 Å². The van der Waals surface area contributed by atoms with Crippen LogP contribution in [0.2, 0.25) is 0 Å². The molecule has 6 N–H and O–H groups in total. The third kappa shape index (κ3) is 12.7. The van der Waals surface area contributed by atoms with Crippen molar-refractivity contribution in [2.45, 2.75) is 118 Å². The smallest absolute Gasteiger partial charge is 0.273 e. The maximum absolute atomic E-state index is 13.0. The van der Waals surface area contributed by atoms with E-state index in [-0.39, 0.29) is 46.3 Å². The van der Waals surface area contributed by atoms with Crippen LogP contribution in [0.1, 0.15) is 137 Å². The minimum atomic E-state index is -0.587. The molecular formula is C36H54N4O6. The van der Waals surface area contributed by atoms with Gasteiger partial charge in [-0.15, -0.1) is 0 Å². The van der Waals surface area contributed by atoms with Crippen LogP contribution in [-0.2, 0) is 22.4 Å². The zero-order valence-electron chi connectivity index (χ0n) is 28.0. The van der Waals surface area contributed by atoms with Crippen molar-refractivity contribution in [1.29, 1.82) is 0 Å². The van der Waals surface area contributed by atoms with Gasteiger partial charge in [-0.2, -0.15) is 0 Å². The molecule has 254 valence electrons. The quantitative estimate of drug-likeness (QED) is 0.0773. The highest BCUT2D eigenvalue weighted by molar-refractivity contribution is 5.98. The van der Waals surface area contributed by atoms with E-state index in [2.05, 4.69) is 35.6 Å². The zero-order valence-corrected chi connectivity index (χ0v) is 28.0. The van der Waals surface area contributed by atoms with E-state index >= 15 is 0 Å². The van der Waals surface area contributed by atoms with Gasteiger partial charge in [0.25, 0.3) is 11.8 Å². The number of carbonyl (C=O) groups excluding carboxylic acids is 4. The van der Waals surface area contributed by atoms with Gasteiger partial charge in [0, 0.05) is 11.8 Å². The van der Waals surface area contributed by atoms with Crippen molar-refractivity contribution < 1.29 is 29.4 Å². The third-order valence-corrected chi connectivity index (χ3v) is 8.32. The Morgan fingerprint density at radius 3 is 1.46 bits per heavy atom. The van der Waals surface area contributed by atoms with E-state index in [1.165, 1.54) is 12.1 Å². The Balaban J connectivity index is 1.87. The first-order valence-electron chi connectivity index (χ1n) is 17.0. The summed E-state index contributed by atoms with van der Waals surface area (Å²) < 4.78 is 0. The number of hydrazine groups is 2. The number of aryl methyl sites for hydroxylation is 2. The van der Waals surface area contributed by atoms with Gasteiger partial charge in [-0.05, 0) is 86.8 Å². The summed E-state index contributed by atoms with van der Waals surface area (Å²) in [5, 5.41) is 20.4. The lowest BCUT2D eigenvalue weighted by atomic mass is 9.92. The fourth-order valence-electron chi connectivity index (χ4n) is 5.46. The largest absolute Gasteiger partial charge is 0.507 e. The third-order valence-electron chi connectivity index (χ3n) is 8.32. The number of aromatic hydroxyl groups is 2. The number of carbonyl (C=O) groups is 4. The Labute approximate surface area is 274 Å². The lowest BCUT2D eigenvalue weighted by Gasteiger charge is -2.19. The van der Waals surface area contributed by atoms with Gasteiger partial charge in [0.15, 0.2) is 0 Å². The van der Waals surface area contributed by atoms with Crippen molar-refractivity contribution in [2.75, 3.05) is 0 Å². The number of amides is 4. The van der Waals surface area contributed by atoms with Crippen LogP contribution in [0.15, 0.2) is 36.4 Å². The number of benzene rings is 2.